The lowest BCUT2D eigenvalue weighted by atomic mass is 9.70. The molecule has 5 nitrogen and oxygen atoms in total. The number of carbonyl (C=O) groups excluding carboxylic acids is 3. The van der Waals surface area contributed by atoms with Gasteiger partial charge in [0.05, 0.1) is 6.42 Å². The van der Waals surface area contributed by atoms with E-state index in [1.165, 1.54) is 0 Å². The molecule has 23 heavy (non-hydrogen) atoms. The minimum atomic E-state index is -0.950. The van der Waals surface area contributed by atoms with E-state index in [9.17, 15) is 14.4 Å². The maximum absolute atomic E-state index is 12.6. The van der Waals surface area contributed by atoms with Crippen LogP contribution in [-0.2, 0) is 20.8 Å². The number of fused-ring (bicyclic) bond motifs is 2. The third-order valence-corrected chi connectivity index (χ3v) is 5.51. The molecule has 0 aliphatic heterocycles. The van der Waals surface area contributed by atoms with Crippen molar-refractivity contribution in [3.05, 3.63) is 35.9 Å². The quantitative estimate of drug-likeness (QED) is 0.659. The van der Waals surface area contributed by atoms with Crippen molar-refractivity contribution in [3.8, 4) is 0 Å². The number of amides is 2. The highest BCUT2D eigenvalue weighted by molar-refractivity contribution is 6.11. The van der Waals surface area contributed by atoms with E-state index in [1.807, 2.05) is 44.2 Å². The molecule has 0 aromatic heterocycles. The Morgan fingerprint density at radius 3 is 2.48 bits per heavy atom. The normalized spacial score (nSPS) is 27.7. The topological polar surface area (TPSA) is 75.3 Å². The first-order valence-corrected chi connectivity index (χ1v) is 8.04. The molecule has 2 N–H and O–H groups in total. The molecule has 2 bridgehead atoms. The van der Waals surface area contributed by atoms with Gasteiger partial charge in [-0.15, -0.1) is 0 Å². The van der Waals surface area contributed by atoms with Crippen LogP contribution < -0.4 is 10.9 Å². The Morgan fingerprint density at radius 1 is 1.17 bits per heavy atom. The molecular weight excluding hydrogens is 292 g/mol. The molecule has 0 saturated heterocycles. The molecular formula is C18H22N2O3. The predicted molar refractivity (Wildman–Crippen MR) is 85.0 cm³/mol. The van der Waals surface area contributed by atoms with Crippen molar-refractivity contribution < 1.29 is 14.4 Å². The van der Waals surface area contributed by atoms with E-state index in [0.29, 0.717) is 12.8 Å². The third kappa shape index (κ3) is 2.54. The van der Waals surface area contributed by atoms with Gasteiger partial charge in [-0.3, -0.25) is 25.2 Å². The molecule has 0 heterocycles. The summed E-state index contributed by atoms with van der Waals surface area (Å²) in [6.07, 6.45) is 2.26. The summed E-state index contributed by atoms with van der Waals surface area (Å²) < 4.78 is 0. The number of hydrazine groups is 1. The lowest BCUT2D eigenvalue weighted by molar-refractivity contribution is -0.146. The van der Waals surface area contributed by atoms with Crippen molar-refractivity contribution in [2.45, 2.75) is 39.5 Å². The maximum Gasteiger partial charge on any atom is 0.252 e. The summed E-state index contributed by atoms with van der Waals surface area (Å²) in [7, 11) is 0. The maximum atomic E-state index is 12.6. The summed E-state index contributed by atoms with van der Waals surface area (Å²) in [6, 6.07) is 9.30. The van der Waals surface area contributed by atoms with E-state index < -0.39 is 10.8 Å². The molecule has 0 radical (unpaired) electrons. The van der Waals surface area contributed by atoms with E-state index in [-0.39, 0.29) is 29.9 Å². The van der Waals surface area contributed by atoms with Gasteiger partial charge in [0, 0.05) is 5.41 Å². The van der Waals surface area contributed by atoms with Crippen molar-refractivity contribution in [2.24, 2.45) is 16.7 Å². The second-order valence-electron chi connectivity index (χ2n) is 7.24. The van der Waals surface area contributed by atoms with E-state index in [2.05, 4.69) is 10.9 Å². The summed E-state index contributed by atoms with van der Waals surface area (Å²) in [6.45, 7) is 3.84. The molecule has 2 saturated carbocycles. The Kier molecular flexibility index (Phi) is 3.74. The van der Waals surface area contributed by atoms with Crippen LogP contribution in [0.2, 0.25) is 0 Å². The highest BCUT2D eigenvalue weighted by Crippen LogP contribution is 2.60. The van der Waals surface area contributed by atoms with Crippen LogP contribution in [0.25, 0.3) is 0 Å². The summed E-state index contributed by atoms with van der Waals surface area (Å²) in [5.41, 5.74) is 4.40. The molecule has 5 heteroatoms. The molecule has 2 atom stereocenters. The Morgan fingerprint density at radius 2 is 1.87 bits per heavy atom. The molecule has 2 amide bonds. The zero-order valence-electron chi connectivity index (χ0n) is 13.5. The van der Waals surface area contributed by atoms with Crippen LogP contribution in [0.3, 0.4) is 0 Å². The van der Waals surface area contributed by atoms with Crippen LogP contribution in [0.15, 0.2) is 30.3 Å². The molecule has 1 aromatic rings. The minimum absolute atomic E-state index is 0.0102. The number of ketones is 1. The molecule has 2 aliphatic rings. The molecule has 0 spiro atoms. The number of hydrogen-bond acceptors (Lipinski definition) is 3. The van der Waals surface area contributed by atoms with Crippen LogP contribution in [0.4, 0.5) is 0 Å². The van der Waals surface area contributed by atoms with Crippen molar-refractivity contribution in [2.75, 3.05) is 0 Å². The van der Waals surface area contributed by atoms with Gasteiger partial charge in [-0.05, 0) is 30.7 Å². The number of carbonyl (C=O) groups is 3. The SMILES string of the molecule is CC1(C)C(=O)C2(C(=O)NNC(=O)Cc3ccccc3)CCC1C2. The Balaban J connectivity index is 1.60. The number of nitrogens with one attached hydrogen (secondary N) is 2. The minimum Gasteiger partial charge on any atom is -0.298 e. The molecule has 2 aliphatic carbocycles. The standard InChI is InChI=1S/C18H22N2O3/c1-17(2)13-8-9-18(11-13,15(17)22)16(23)20-19-14(21)10-12-6-4-3-5-7-12/h3-7,13H,8-11H2,1-2H3,(H,19,21)(H,20,23). The van der Waals surface area contributed by atoms with Gasteiger partial charge in [-0.25, -0.2) is 0 Å². The molecule has 2 fully saturated rings. The van der Waals surface area contributed by atoms with Gasteiger partial charge < -0.3 is 0 Å². The average molecular weight is 314 g/mol. The lowest BCUT2D eigenvalue weighted by Gasteiger charge is -2.32. The molecule has 3 rings (SSSR count). The third-order valence-electron chi connectivity index (χ3n) is 5.51. The lowest BCUT2D eigenvalue weighted by Crippen LogP contribution is -2.52. The van der Waals surface area contributed by atoms with Gasteiger partial charge in [-0.1, -0.05) is 44.2 Å². The Labute approximate surface area is 135 Å². The van der Waals surface area contributed by atoms with Gasteiger partial charge in [0.25, 0.3) is 5.91 Å². The number of hydrogen-bond donors (Lipinski definition) is 2. The fourth-order valence-corrected chi connectivity index (χ4v) is 4.05. The van der Waals surface area contributed by atoms with Crippen molar-refractivity contribution in [3.63, 3.8) is 0 Å². The second-order valence-corrected chi connectivity index (χ2v) is 7.24. The number of Topliss-reactive ketones (excluding diaryl/α,β-unsaturated/α-hetero) is 1. The summed E-state index contributed by atoms with van der Waals surface area (Å²) in [5, 5.41) is 0. The largest absolute Gasteiger partial charge is 0.298 e. The Hall–Kier alpha value is -2.17. The molecule has 2 unspecified atom stereocenters. The predicted octanol–water partition coefficient (Wildman–Crippen LogP) is 1.77. The first-order chi connectivity index (χ1) is 10.9. The summed E-state index contributed by atoms with van der Waals surface area (Å²) in [5.74, 6) is -0.381. The van der Waals surface area contributed by atoms with Crippen LogP contribution in [-0.4, -0.2) is 17.6 Å². The first-order valence-electron chi connectivity index (χ1n) is 8.04. The van der Waals surface area contributed by atoms with Gasteiger partial charge in [0.2, 0.25) is 5.91 Å². The second kappa shape index (κ2) is 5.48. The summed E-state index contributed by atoms with van der Waals surface area (Å²) in [4.78, 5) is 37.1. The average Bonchev–Trinajstić information content (AvgIpc) is 3.06. The molecule has 1 aromatic carbocycles. The van der Waals surface area contributed by atoms with Gasteiger partial charge >= 0.3 is 0 Å². The van der Waals surface area contributed by atoms with Crippen molar-refractivity contribution in [1.29, 1.82) is 0 Å². The van der Waals surface area contributed by atoms with Crippen LogP contribution in [0.5, 0.6) is 0 Å². The van der Waals surface area contributed by atoms with Crippen molar-refractivity contribution >= 4 is 17.6 Å². The van der Waals surface area contributed by atoms with Crippen LogP contribution >= 0.6 is 0 Å². The van der Waals surface area contributed by atoms with E-state index in [4.69, 9.17) is 0 Å². The van der Waals surface area contributed by atoms with Gasteiger partial charge in [0.1, 0.15) is 5.41 Å². The van der Waals surface area contributed by atoms with Gasteiger partial charge in [0.15, 0.2) is 5.78 Å². The monoisotopic (exact) mass is 314 g/mol. The number of rotatable bonds is 3. The molecule has 122 valence electrons. The van der Waals surface area contributed by atoms with E-state index in [1.54, 1.807) is 0 Å². The fraction of sp³-hybridized carbons (Fsp3) is 0.500. The summed E-state index contributed by atoms with van der Waals surface area (Å²) >= 11 is 0. The highest BCUT2D eigenvalue weighted by atomic mass is 16.2. The number of benzene rings is 1. The van der Waals surface area contributed by atoms with Crippen LogP contribution in [0, 0.1) is 16.7 Å². The van der Waals surface area contributed by atoms with E-state index in [0.717, 1.165) is 12.0 Å². The van der Waals surface area contributed by atoms with Gasteiger partial charge in [-0.2, -0.15) is 0 Å². The fourth-order valence-electron chi connectivity index (χ4n) is 4.05. The Bertz CT molecular complexity index is 653. The highest BCUT2D eigenvalue weighted by Gasteiger charge is 2.65. The zero-order chi connectivity index (χ0) is 16.7. The van der Waals surface area contributed by atoms with E-state index >= 15 is 0 Å². The van der Waals surface area contributed by atoms with Crippen molar-refractivity contribution in [1.82, 2.24) is 10.9 Å². The van der Waals surface area contributed by atoms with Crippen LogP contribution in [0.1, 0.15) is 38.7 Å². The smallest absolute Gasteiger partial charge is 0.252 e. The first kappa shape index (κ1) is 15.7. The zero-order valence-corrected chi connectivity index (χ0v) is 13.5.